The Bertz CT molecular complexity index is 994. The predicted molar refractivity (Wildman–Crippen MR) is 115 cm³/mol. The summed E-state index contributed by atoms with van der Waals surface area (Å²) in [5.41, 5.74) is 5.58. The van der Waals surface area contributed by atoms with Gasteiger partial charge in [0.1, 0.15) is 18.1 Å². The van der Waals surface area contributed by atoms with E-state index in [1.807, 2.05) is 18.2 Å². The quantitative estimate of drug-likeness (QED) is 0.554. The van der Waals surface area contributed by atoms with E-state index < -0.39 is 0 Å². The first-order valence-corrected chi connectivity index (χ1v) is 10.6. The summed E-state index contributed by atoms with van der Waals surface area (Å²) in [5, 5.41) is 0. The van der Waals surface area contributed by atoms with E-state index in [4.69, 9.17) is 4.74 Å². The Labute approximate surface area is 172 Å². The average molecular weight is 383 g/mol. The third-order valence-electron chi connectivity index (χ3n) is 6.88. The van der Waals surface area contributed by atoms with Crippen molar-refractivity contribution >= 4 is 5.78 Å². The van der Waals surface area contributed by atoms with Crippen LogP contribution in [-0.2, 0) is 23.2 Å². The van der Waals surface area contributed by atoms with Crippen LogP contribution in [0.15, 0.2) is 78.9 Å². The lowest BCUT2D eigenvalue weighted by Gasteiger charge is -2.40. The van der Waals surface area contributed by atoms with E-state index in [9.17, 15) is 4.79 Å². The second-order valence-electron chi connectivity index (χ2n) is 8.45. The van der Waals surface area contributed by atoms with E-state index in [0.29, 0.717) is 31.1 Å². The number of carbonyl (C=O) groups is 1. The van der Waals surface area contributed by atoms with Gasteiger partial charge < -0.3 is 4.74 Å². The van der Waals surface area contributed by atoms with Crippen LogP contribution in [0.5, 0.6) is 5.75 Å². The largest absolute Gasteiger partial charge is 0.489 e. The molecule has 0 aliphatic heterocycles. The van der Waals surface area contributed by atoms with Gasteiger partial charge in [-0.2, -0.15) is 0 Å². The molecule has 3 aromatic carbocycles. The van der Waals surface area contributed by atoms with Gasteiger partial charge in [0.25, 0.3) is 0 Å². The Balaban J connectivity index is 1.39. The molecule has 3 aromatic rings. The number of hydrogen-bond donors (Lipinski definition) is 0. The maximum atomic E-state index is 12.0. The van der Waals surface area contributed by atoms with Crippen LogP contribution in [0.25, 0.3) is 0 Å². The van der Waals surface area contributed by atoms with Crippen LogP contribution < -0.4 is 4.74 Å². The van der Waals surface area contributed by atoms with E-state index in [0.717, 1.165) is 25.0 Å². The third kappa shape index (κ3) is 3.37. The molecular weight excluding hydrogens is 356 g/mol. The molecule has 2 aliphatic rings. The molecule has 0 amide bonds. The smallest absolute Gasteiger partial charge is 0.132 e. The number of benzene rings is 3. The number of Topliss-reactive ketones (excluding diaryl/α,β-unsaturated/α-hetero) is 1. The molecule has 1 unspecified atom stereocenters. The maximum absolute atomic E-state index is 12.0. The highest BCUT2D eigenvalue weighted by atomic mass is 16.5. The zero-order chi connectivity index (χ0) is 19.7. The lowest BCUT2D eigenvalue weighted by atomic mass is 9.63. The monoisotopic (exact) mass is 382 g/mol. The van der Waals surface area contributed by atoms with Crippen LogP contribution in [0.4, 0.5) is 0 Å². The van der Waals surface area contributed by atoms with Gasteiger partial charge in [0.2, 0.25) is 0 Å². The molecule has 0 heterocycles. The summed E-state index contributed by atoms with van der Waals surface area (Å²) in [4.78, 5) is 12.0. The van der Waals surface area contributed by atoms with Gasteiger partial charge in [-0.15, -0.1) is 0 Å². The van der Waals surface area contributed by atoms with Crippen LogP contribution in [0, 0.1) is 0 Å². The number of ketones is 1. The fourth-order valence-corrected chi connectivity index (χ4v) is 5.35. The molecule has 1 saturated carbocycles. The molecule has 29 heavy (non-hydrogen) atoms. The van der Waals surface area contributed by atoms with Crippen molar-refractivity contribution in [1.29, 1.82) is 0 Å². The molecule has 1 atom stereocenters. The van der Waals surface area contributed by atoms with Gasteiger partial charge in [-0.05, 0) is 59.6 Å². The van der Waals surface area contributed by atoms with Crippen LogP contribution >= 0.6 is 0 Å². The fourth-order valence-electron chi connectivity index (χ4n) is 5.35. The van der Waals surface area contributed by atoms with Crippen molar-refractivity contribution in [3.63, 3.8) is 0 Å². The van der Waals surface area contributed by atoms with Gasteiger partial charge in [-0.3, -0.25) is 4.79 Å². The summed E-state index contributed by atoms with van der Waals surface area (Å²) in [6.45, 7) is 0.584. The first-order chi connectivity index (χ1) is 14.2. The topological polar surface area (TPSA) is 26.3 Å². The van der Waals surface area contributed by atoms with Gasteiger partial charge in [0, 0.05) is 18.3 Å². The van der Waals surface area contributed by atoms with E-state index >= 15 is 0 Å². The number of fused-ring (bicyclic) bond motifs is 2. The molecule has 2 nitrogen and oxygen atoms in total. The Kier molecular flexibility index (Phi) is 4.71. The van der Waals surface area contributed by atoms with Crippen LogP contribution in [0.3, 0.4) is 0 Å². The van der Waals surface area contributed by atoms with Crippen molar-refractivity contribution in [3.05, 3.63) is 101 Å². The summed E-state index contributed by atoms with van der Waals surface area (Å²) in [6, 6.07) is 27.8. The molecule has 0 N–H and O–H groups in total. The highest BCUT2D eigenvalue weighted by molar-refractivity contribution is 5.80. The number of hydrogen-bond acceptors (Lipinski definition) is 2. The van der Waals surface area contributed by atoms with E-state index in [1.165, 1.54) is 22.3 Å². The number of ether oxygens (including phenoxy) is 1. The molecule has 1 spiro atoms. The van der Waals surface area contributed by atoms with Crippen molar-refractivity contribution in [2.75, 3.05) is 0 Å². The van der Waals surface area contributed by atoms with Crippen molar-refractivity contribution in [2.45, 2.75) is 50.0 Å². The van der Waals surface area contributed by atoms with Gasteiger partial charge in [0.05, 0.1) is 0 Å². The van der Waals surface area contributed by atoms with Gasteiger partial charge in [-0.25, -0.2) is 0 Å². The second-order valence-corrected chi connectivity index (χ2v) is 8.45. The molecule has 2 aliphatic carbocycles. The van der Waals surface area contributed by atoms with Crippen LogP contribution in [-0.4, -0.2) is 5.78 Å². The van der Waals surface area contributed by atoms with E-state index in [2.05, 4.69) is 60.7 Å². The summed E-state index contributed by atoms with van der Waals surface area (Å²) >= 11 is 0. The zero-order valence-corrected chi connectivity index (χ0v) is 16.6. The Morgan fingerprint density at radius 3 is 2.28 bits per heavy atom. The lowest BCUT2D eigenvalue weighted by Crippen LogP contribution is -2.35. The van der Waals surface area contributed by atoms with Crippen molar-refractivity contribution in [2.24, 2.45) is 0 Å². The molecule has 0 radical (unpaired) electrons. The summed E-state index contributed by atoms with van der Waals surface area (Å²) < 4.78 is 5.98. The highest BCUT2D eigenvalue weighted by Crippen LogP contribution is 2.55. The Morgan fingerprint density at radius 1 is 0.828 bits per heavy atom. The molecular formula is C27H26O2. The fraction of sp³-hybridized carbons (Fsp3) is 0.296. The molecule has 146 valence electrons. The lowest BCUT2D eigenvalue weighted by molar-refractivity contribution is -0.121. The van der Waals surface area contributed by atoms with Crippen LogP contribution in [0.2, 0.25) is 0 Å². The summed E-state index contributed by atoms with van der Waals surface area (Å²) in [5.74, 6) is 1.76. The number of carbonyl (C=O) groups excluding carboxylic acids is 1. The standard InChI is InChI=1S/C27H26O2/c28-23-14-16-27(17-15-23)25-9-5-4-8-22(25)18-26(27)21-10-12-24(13-11-21)29-19-20-6-2-1-3-7-20/h1-13,26H,14-19H2. The molecule has 0 bridgehead atoms. The highest BCUT2D eigenvalue weighted by Gasteiger charge is 2.48. The normalized spacial score (nSPS) is 19.9. The van der Waals surface area contributed by atoms with Crippen molar-refractivity contribution in [3.8, 4) is 5.75 Å². The Hall–Kier alpha value is -2.87. The minimum Gasteiger partial charge on any atom is -0.489 e. The average Bonchev–Trinajstić information content (AvgIpc) is 3.10. The number of rotatable bonds is 4. The minimum absolute atomic E-state index is 0.108. The first kappa shape index (κ1) is 18.2. The van der Waals surface area contributed by atoms with Crippen molar-refractivity contribution < 1.29 is 9.53 Å². The minimum atomic E-state index is 0.108. The third-order valence-corrected chi connectivity index (χ3v) is 6.88. The maximum Gasteiger partial charge on any atom is 0.132 e. The van der Waals surface area contributed by atoms with Gasteiger partial charge in [-0.1, -0.05) is 66.7 Å². The van der Waals surface area contributed by atoms with Gasteiger partial charge in [0.15, 0.2) is 0 Å². The first-order valence-electron chi connectivity index (χ1n) is 10.6. The SMILES string of the molecule is O=C1CCC2(CC1)c1ccccc1CC2c1ccc(OCc2ccccc2)cc1. The summed E-state index contributed by atoms with van der Waals surface area (Å²) in [7, 11) is 0. The molecule has 5 rings (SSSR count). The molecule has 2 heteroatoms. The second kappa shape index (κ2) is 7.51. The zero-order valence-electron chi connectivity index (χ0n) is 16.6. The van der Waals surface area contributed by atoms with Crippen LogP contribution in [0.1, 0.15) is 53.9 Å². The van der Waals surface area contributed by atoms with E-state index in [1.54, 1.807) is 0 Å². The predicted octanol–water partition coefficient (Wildman–Crippen LogP) is 5.99. The van der Waals surface area contributed by atoms with Crippen molar-refractivity contribution in [1.82, 2.24) is 0 Å². The summed E-state index contributed by atoms with van der Waals surface area (Å²) in [6.07, 6.45) is 4.43. The molecule has 0 saturated heterocycles. The molecule has 0 aromatic heterocycles. The Morgan fingerprint density at radius 2 is 1.52 bits per heavy atom. The van der Waals surface area contributed by atoms with Gasteiger partial charge >= 0.3 is 0 Å². The molecule has 1 fully saturated rings. The van der Waals surface area contributed by atoms with E-state index in [-0.39, 0.29) is 5.41 Å².